The predicted molar refractivity (Wildman–Crippen MR) is 117 cm³/mol. The largest absolute Gasteiger partial charge is 0.493 e. The molecule has 1 N–H and O–H groups in total. The Balaban J connectivity index is 1.95. The van der Waals surface area contributed by atoms with E-state index in [9.17, 15) is 9.59 Å². The van der Waals surface area contributed by atoms with Gasteiger partial charge in [0.15, 0.2) is 11.5 Å². The number of nitrogens with one attached hydrogen (secondary N) is 1. The molecule has 1 saturated heterocycles. The van der Waals surface area contributed by atoms with Crippen molar-refractivity contribution in [2.45, 2.75) is 37.7 Å². The minimum absolute atomic E-state index is 0.0614. The van der Waals surface area contributed by atoms with E-state index in [1.165, 1.54) is 11.3 Å². The SMILES string of the molecule is CCC(C)NC(=O)C1CSC(c2ccc(OC)c(OC)c2)N1C(=O)c1cccs1. The molecule has 2 heterocycles. The smallest absolute Gasteiger partial charge is 0.265 e. The van der Waals surface area contributed by atoms with Crippen LogP contribution in [-0.4, -0.2) is 48.8 Å². The molecule has 0 radical (unpaired) electrons. The highest BCUT2D eigenvalue weighted by molar-refractivity contribution is 7.99. The number of nitrogens with zero attached hydrogens (tertiary/aromatic N) is 1. The van der Waals surface area contributed by atoms with E-state index in [4.69, 9.17) is 9.47 Å². The van der Waals surface area contributed by atoms with Crippen molar-refractivity contribution in [3.63, 3.8) is 0 Å². The first-order valence-corrected chi connectivity index (χ1v) is 11.4. The molecule has 1 aliphatic heterocycles. The Hall–Kier alpha value is -2.19. The first-order valence-electron chi connectivity index (χ1n) is 9.50. The predicted octanol–water partition coefficient (Wildman–Crippen LogP) is 3.94. The van der Waals surface area contributed by atoms with E-state index in [-0.39, 0.29) is 23.2 Å². The molecule has 2 amide bonds. The molecular weight excluding hydrogens is 408 g/mol. The van der Waals surface area contributed by atoms with E-state index in [1.54, 1.807) is 36.9 Å². The fourth-order valence-corrected chi connectivity index (χ4v) is 5.27. The molecule has 0 spiro atoms. The van der Waals surface area contributed by atoms with Crippen LogP contribution in [0.3, 0.4) is 0 Å². The van der Waals surface area contributed by atoms with Crippen LogP contribution in [0.1, 0.15) is 40.9 Å². The molecule has 1 fully saturated rings. The van der Waals surface area contributed by atoms with Gasteiger partial charge in [-0.3, -0.25) is 9.59 Å². The Bertz CT molecular complexity index is 856. The molecule has 2 aromatic rings. The van der Waals surface area contributed by atoms with E-state index >= 15 is 0 Å². The zero-order chi connectivity index (χ0) is 21.0. The zero-order valence-corrected chi connectivity index (χ0v) is 18.6. The van der Waals surface area contributed by atoms with Gasteiger partial charge in [-0.05, 0) is 42.5 Å². The van der Waals surface area contributed by atoms with E-state index < -0.39 is 6.04 Å². The minimum Gasteiger partial charge on any atom is -0.493 e. The summed E-state index contributed by atoms with van der Waals surface area (Å²) in [6.07, 6.45) is 0.837. The molecule has 1 aliphatic rings. The first kappa shape index (κ1) is 21.5. The Kier molecular flexibility index (Phi) is 7.08. The van der Waals surface area contributed by atoms with Crippen LogP contribution in [0.15, 0.2) is 35.7 Å². The lowest BCUT2D eigenvalue weighted by molar-refractivity contribution is -0.125. The Morgan fingerprint density at radius 3 is 2.62 bits per heavy atom. The first-order chi connectivity index (χ1) is 14.0. The summed E-state index contributed by atoms with van der Waals surface area (Å²) in [4.78, 5) is 28.6. The molecular formula is C21H26N2O4S2. The van der Waals surface area contributed by atoms with Crippen molar-refractivity contribution >= 4 is 34.9 Å². The third-order valence-electron chi connectivity index (χ3n) is 4.96. The molecule has 0 saturated carbocycles. The number of methoxy groups -OCH3 is 2. The van der Waals surface area contributed by atoms with Crippen LogP contribution in [0.2, 0.25) is 0 Å². The molecule has 29 heavy (non-hydrogen) atoms. The molecule has 3 unspecified atom stereocenters. The van der Waals surface area contributed by atoms with E-state index in [1.807, 2.05) is 43.5 Å². The Morgan fingerprint density at radius 2 is 2.00 bits per heavy atom. The molecule has 156 valence electrons. The normalized spacial score (nSPS) is 19.7. The van der Waals surface area contributed by atoms with Gasteiger partial charge in [0, 0.05) is 11.8 Å². The lowest BCUT2D eigenvalue weighted by atomic mass is 10.1. The second-order valence-electron chi connectivity index (χ2n) is 6.82. The van der Waals surface area contributed by atoms with E-state index in [0.717, 1.165) is 12.0 Å². The van der Waals surface area contributed by atoms with E-state index in [0.29, 0.717) is 22.1 Å². The lowest BCUT2D eigenvalue weighted by Crippen LogP contribution is -2.49. The molecule has 8 heteroatoms. The van der Waals surface area contributed by atoms with Crippen LogP contribution < -0.4 is 14.8 Å². The van der Waals surface area contributed by atoms with Crippen LogP contribution in [0.25, 0.3) is 0 Å². The maximum atomic E-state index is 13.3. The van der Waals surface area contributed by atoms with Crippen molar-refractivity contribution in [3.05, 3.63) is 46.2 Å². The van der Waals surface area contributed by atoms with Crippen molar-refractivity contribution in [1.29, 1.82) is 0 Å². The summed E-state index contributed by atoms with van der Waals surface area (Å²) in [6, 6.07) is 8.80. The molecule has 0 aliphatic carbocycles. The van der Waals surface area contributed by atoms with Crippen molar-refractivity contribution in [2.75, 3.05) is 20.0 Å². The lowest BCUT2D eigenvalue weighted by Gasteiger charge is -2.29. The quantitative estimate of drug-likeness (QED) is 0.715. The van der Waals surface area contributed by atoms with E-state index in [2.05, 4.69) is 5.32 Å². The fraction of sp³-hybridized carbons (Fsp3) is 0.429. The number of rotatable bonds is 7. The fourth-order valence-electron chi connectivity index (χ4n) is 3.19. The summed E-state index contributed by atoms with van der Waals surface area (Å²) in [7, 11) is 3.17. The molecule has 0 bridgehead atoms. The van der Waals surface area contributed by atoms with Crippen LogP contribution in [0.5, 0.6) is 11.5 Å². The van der Waals surface area contributed by atoms with Gasteiger partial charge < -0.3 is 19.7 Å². The number of benzene rings is 1. The van der Waals surface area contributed by atoms with Gasteiger partial charge in [-0.2, -0.15) is 0 Å². The van der Waals surface area contributed by atoms with Crippen LogP contribution in [0.4, 0.5) is 0 Å². The summed E-state index contributed by atoms with van der Waals surface area (Å²) in [6.45, 7) is 3.99. The zero-order valence-electron chi connectivity index (χ0n) is 17.0. The van der Waals surface area contributed by atoms with Crippen molar-refractivity contribution in [3.8, 4) is 11.5 Å². The monoisotopic (exact) mass is 434 g/mol. The van der Waals surface area contributed by atoms with Crippen molar-refractivity contribution in [1.82, 2.24) is 10.2 Å². The maximum Gasteiger partial charge on any atom is 0.265 e. The van der Waals surface area contributed by atoms with Gasteiger partial charge in [0.25, 0.3) is 5.91 Å². The summed E-state index contributed by atoms with van der Waals surface area (Å²) in [5.74, 6) is 1.52. The highest BCUT2D eigenvalue weighted by atomic mass is 32.2. The second-order valence-corrected chi connectivity index (χ2v) is 8.88. The number of hydrogen-bond donors (Lipinski definition) is 1. The summed E-state index contributed by atoms with van der Waals surface area (Å²) in [5.41, 5.74) is 0.899. The molecule has 6 nitrogen and oxygen atoms in total. The van der Waals surface area contributed by atoms with Crippen molar-refractivity contribution in [2.24, 2.45) is 0 Å². The maximum absolute atomic E-state index is 13.3. The summed E-state index contributed by atoms with van der Waals surface area (Å²) < 4.78 is 10.8. The van der Waals surface area contributed by atoms with Gasteiger partial charge >= 0.3 is 0 Å². The molecule has 3 rings (SSSR count). The minimum atomic E-state index is -0.526. The molecule has 1 aromatic carbocycles. The number of thioether (sulfide) groups is 1. The number of hydrogen-bond acceptors (Lipinski definition) is 6. The topological polar surface area (TPSA) is 67.9 Å². The van der Waals surface area contributed by atoms with Crippen molar-refractivity contribution < 1.29 is 19.1 Å². The van der Waals surface area contributed by atoms with Gasteiger partial charge in [-0.1, -0.05) is 19.1 Å². The Morgan fingerprint density at radius 1 is 1.24 bits per heavy atom. The molecule has 3 atom stereocenters. The standard InChI is InChI=1S/C21H26N2O4S2/c1-5-13(2)22-19(24)15-12-29-21(23(15)20(25)18-7-6-10-28-18)14-8-9-16(26-3)17(11-14)27-4/h6-11,13,15,21H,5,12H2,1-4H3,(H,22,24). The van der Waals surface area contributed by atoms with Gasteiger partial charge in [0.2, 0.25) is 5.91 Å². The Labute approximate surface area is 179 Å². The van der Waals surface area contributed by atoms with Crippen LogP contribution in [0, 0.1) is 0 Å². The summed E-state index contributed by atoms with van der Waals surface area (Å²) in [5, 5.41) is 4.62. The van der Waals surface area contributed by atoms with Gasteiger partial charge in [0.1, 0.15) is 11.4 Å². The van der Waals surface area contributed by atoms with Gasteiger partial charge in [-0.25, -0.2) is 0 Å². The highest BCUT2D eigenvalue weighted by Gasteiger charge is 2.43. The highest BCUT2D eigenvalue weighted by Crippen LogP contribution is 2.44. The average molecular weight is 435 g/mol. The number of carbonyl (C=O) groups excluding carboxylic acids is 2. The second kappa shape index (κ2) is 9.54. The number of ether oxygens (including phenoxy) is 2. The van der Waals surface area contributed by atoms with Crippen LogP contribution in [-0.2, 0) is 4.79 Å². The molecule has 1 aromatic heterocycles. The summed E-state index contributed by atoms with van der Waals surface area (Å²) >= 11 is 2.97. The van der Waals surface area contributed by atoms with Crippen LogP contribution >= 0.6 is 23.1 Å². The van der Waals surface area contributed by atoms with Gasteiger partial charge in [-0.15, -0.1) is 23.1 Å². The average Bonchev–Trinajstić information content (AvgIpc) is 3.42. The van der Waals surface area contributed by atoms with Gasteiger partial charge in [0.05, 0.1) is 19.1 Å². The number of amides is 2. The third-order valence-corrected chi connectivity index (χ3v) is 7.14. The third kappa shape index (κ3) is 4.53. The number of thiophene rings is 1. The number of carbonyl (C=O) groups is 2.